The molecular weight excluding hydrogens is 348 g/mol. The van der Waals surface area contributed by atoms with E-state index in [4.69, 9.17) is 16.0 Å². The first-order valence-electron chi connectivity index (χ1n) is 8.73. The van der Waals surface area contributed by atoms with E-state index in [1.165, 1.54) is 5.56 Å². The number of hydrogen-bond donors (Lipinski definition) is 0. The number of amides is 1. The fourth-order valence-electron chi connectivity index (χ4n) is 3.49. The summed E-state index contributed by atoms with van der Waals surface area (Å²) in [7, 11) is 0. The Morgan fingerprint density at radius 1 is 1.23 bits per heavy atom. The van der Waals surface area contributed by atoms with E-state index in [1.54, 1.807) is 6.20 Å². The number of anilines is 1. The van der Waals surface area contributed by atoms with Gasteiger partial charge in [-0.15, -0.1) is 0 Å². The van der Waals surface area contributed by atoms with E-state index in [9.17, 15) is 4.79 Å². The van der Waals surface area contributed by atoms with E-state index >= 15 is 0 Å². The molecule has 26 heavy (non-hydrogen) atoms. The number of aromatic nitrogens is 1. The van der Waals surface area contributed by atoms with Crippen LogP contribution in [0.3, 0.4) is 0 Å². The summed E-state index contributed by atoms with van der Waals surface area (Å²) < 4.78 is 5.79. The SMILES string of the molecule is CC1Cc2ccccc2N1C(=O)CCc1ncc(-c2ccccc2Cl)o1. The average Bonchev–Trinajstić information content (AvgIpc) is 3.23. The van der Waals surface area contributed by atoms with Crippen LogP contribution in [0.4, 0.5) is 5.69 Å². The molecule has 0 saturated carbocycles. The molecule has 0 radical (unpaired) electrons. The molecule has 1 amide bonds. The molecular formula is C21H19ClN2O2. The minimum Gasteiger partial charge on any atom is -0.441 e. The lowest BCUT2D eigenvalue weighted by molar-refractivity contribution is -0.118. The number of carbonyl (C=O) groups excluding carboxylic acids is 1. The maximum absolute atomic E-state index is 12.8. The average molecular weight is 367 g/mol. The zero-order valence-electron chi connectivity index (χ0n) is 14.5. The minimum atomic E-state index is 0.0972. The predicted octanol–water partition coefficient (Wildman–Crippen LogP) is 4.91. The lowest BCUT2D eigenvalue weighted by Crippen LogP contribution is -2.35. The van der Waals surface area contributed by atoms with Crippen LogP contribution in [0.2, 0.25) is 5.02 Å². The molecule has 0 aliphatic carbocycles. The largest absolute Gasteiger partial charge is 0.441 e. The second-order valence-electron chi connectivity index (χ2n) is 6.54. The van der Waals surface area contributed by atoms with Crippen LogP contribution in [0, 0.1) is 0 Å². The van der Waals surface area contributed by atoms with Gasteiger partial charge in [0.15, 0.2) is 11.7 Å². The molecule has 4 rings (SSSR count). The molecule has 5 heteroatoms. The number of benzene rings is 2. The Morgan fingerprint density at radius 3 is 2.85 bits per heavy atom. The number of para-hydroxylation sites is 1. The molecule has 0 spiro atoms. The third kappa shape index (κ3) is 3.13. The molecule has 1 aliphatic rings. The number of rotatable bonds is 4. The van der Waals surface area contributed by atoms with E-state index in [1.807, 2.05) is 47.4 Å². The Hall–Kier alpha value is -2.59. The van der Waals surface area contributed by atoms with Gasteiger partial charge in [0.2, 0.25) is 5.91 Å². The molecule has 1 aliphatic heterocycles. The van der Waals surface area contributed by atoms with E-state index < -0.39 is 0 Å². The second-order valence-corrected chi connectivity index (χ2v) is 6.95. The standard InChI is InChI=1S/C21H19ClN2O2/c1-14-12-15-6-2-5-9-18(15)24(14)21(25)11-10-20-23-13-19(26-20)16-7-3-4-8-17(16)22/h2-9,13-14H,10-12H2,1H3. The van der Waals surface area contributed by atoms with E-state index in [-0.39, 0.29) is 11.9 Å². The van der Waals surface area contributed by atoms with Gasteiger partial charge in [0, 0.05) is 30.1 Å². The highest BCUT2D eigenvalue weighted by molar-refractivity contribution is 6.33. The van der Waals surface area contributed by atoms with Gasteiger partial charge < -0.3 is 9.32 Å². The number of hydrogen-bond acceptors (Lipinski definition) is 3. The lowest BCUT2D eigenvalue weighted by atomic mass is 10.1. The molecule has 4 nitrogen and oxygen atoms in total. The van der Waals surface area contributed by atoms with E-state index in [0.717, 1.165) is 17.7 Å². The second kappa shape index (κ2) is 6.96. The normalized spacial score (nSPS) is 15.9. The molecule has 0 fully saturated rings. The van der Waals surface area contributed by atoms with Gasteiger partial charge >= 0.3 is 0 Å². The van der Waals surface area contributed by atoms with Gasteiger partial charge in [-0.3, -0.25) is 4.79 Å². The van der Waals surface area contributed by atoms with Crippen LogP contribution < -0.4 is 4.90 Å². The maximum Gasteiger partial charge on any atom is 0.227 e. The van der Waals surface area contributed by atoms with Crippen LogP contribution in [-0.2, 0) is 17.6 Å². The highest BCUT2D eigenvalue weighted by Crippen LogP contribution is 2.33. The van der Waals surface area contributed by atoms with Crippen molar-refractivity contribution in [2.75, 3.05) is 4.90 Å². The number of fused-ring (bicyclic) bond motifs is 1. The minimum absolute atomic E-state index is 0.0972. The van der Waals surface area contributed by atoms with Crippen LogP contribution in [-0.4, -0.2) is 16.9 Å². The number of aryl methyl sites for hydroxylation is 1. The third-order valence-corrected chi connectivity index (χ3v) is 5.05. The van der Waals surface area contributed by atoms with Crippen LogP contribution >= 0.6 is 11.6 Å². The summed E-state index contributed by atoms with van der Waals surface area (Å²) >= 11 is 6.20. The topological polar surface area (TPSA) is 46.3 Å². The van der Waals surface area contributed by atoms with Gasteiger partial charge in [0.05, 0.1) is 11.2 Å². The van der Waals surface area contributed by atoms with Gasteiger partial charge in [-0.25, -0.2) is 4.98 Å². The molecule has 0 N–H and O–H groups in total. The highest BCUT2D eigenvalue weighted by Gasteiger charge is 2.30. The van der Waals surface area contributed by atoms with Crippen molar-refractivity contribution in [3.63, 3.8) is 0 Å². The first-order chi connectivity index (χ1) is 12.6. The molecule has 2 heterocycles. The number of carbonyl (C=O) groups is 1. The smallest absolute Gasteiger partial charge is 0.227 e. The molecule has 2 aromatic carbocycles. The number of nitrogens with zero attached hydrogens (tertiary/aromatic N) is 2. The zero-order chi connectivity index (χ0) is 18.1. The molecule has 1 unspecified atom stereocenters. The highest BCUT2D eigenvalue weighted by atomic mass is 35.5. The van der Waals surface area contributed by atoms with Crippen LogP contribution in [0.15, 0.2) is 59.1 Å². The summed E-state index contributed by atoms with van der Waals surface area (Å²) in [6.45, 7) is 2.08. The predicted molar refractivity (Wildman–Crippen MR) is 102 cm³/mol. The Labute approximate surface area is 157 Å². The maximum atomic E-state index is 12.8. The van der Waals surface area contributed by atoms with Crippen LogP contribution in [0.25, 0.3) is 11.3 Å². The van der Waals surface area contributed by atoms with Crippen molar-refractivity contribution in [3.8, 4) is 11.3 Å². The first kappa shape index (κ1) is 16.9. The number of halogens is 1. The van der Waals surface area contributed by atoms with E-state index in [0.29, 0.717) is 29.5 Å². The Bertz CT molecular complexity index is 950. The van der Waals surface area contributed by atoms with Crippen molar-refractivity contribution in [2.45, 2.75) is 32.2 Å². The van der Waals surface area contributed by atoms with Crippen molar-refractivity contribution in [2.24, 2.45) is 0 Å². The van der Waals surface area contributed by atoms with Crippen molar-refractivity contribution in [1.29, 1.82) is 0 Å². The Kier molecular flexibility index (Phi) is 4.51. The monoisotopic (exact) mass is 366 g/mol. The zero-order valence-corrected chi connectivity index (χ0v) is 15.2. The molecule has 0 bridgehead atoms. The summed E-state index contributed by atoms with van der Waals surface area (Å²) in [6, 6.07) is 15.7. The molecule has 132 valence electrons. The Balaban J connectivity index is 1.45. The van der Waals surface area contributed by atoms with Gasteiger partial charge in [-0.2, -0.15) is 0 Å². The van der Waals surface area contributed by atoms with Crippen LogP contribution in [0.1, 0.15) is 24.8 Å². The molecule has 1 atom stereocenters. The van der Waals surface area contributed by atoms with Crippen molar-refractivity contribution >= 4 is 23.2 Å². The van der Waals surface area contributed by atoms with Crippen molar-refractivity contribution in [3.05, 3.63) is 71.2 Å². The van der Waals surface area contributed by atoms with Gasteiger partial charge in [-0.1, -0.05) is 41.9 Å². The van der Waals surface area contributed by atoms with Gasteiger partial charge in [0.1, 0.15) is 0 Å². The van der Waals surface area contributed by atoms with Crippen LogP contribution in [0.5, 0.6) is 0 Å². The van der Waals surface area contributed by atoms with E-state index in [2.05, 4.69) is 18.0 Å². The quantitative estimate of drug-likeness (QED) is 0.659. The molecule has 0 saturated heterocycles. The lowest BCUT2D eigenvalue weighted by Gasteiger charge is -2.22. The summed E-state index contributed by atoms with van der Waals surface area (Å²) in [5.41, 5.74) is 3.06. The molecule has 1 aromatic heterocycles. The fourth-order valence-corrected chi connectivity index (χ4v) is 3.72. The summed E-state index contributed by atoms with van der Waals surface area (Å²) in [5.74, 6) is 1.27. The third-order valence-electron chi connectivity index (χ3n) is 4.72. The fraction of sp³-hybridized carbons (Fsp3) is 0.238. The molecule has 3 aromatic rings. The van der Waals surface area contributed by atoms with Gasteiger partial charge in [0.25, 0.3) is 0 Å². The first-order valence-corrected chi connectivity index (χ1v) is 9.11. The summed E-state index contributed by atoms with van der Waals surface area (Å²) in [4.78, 5) is 19.0. The summed E-state index contributed by atoms with van der Waals surface area (Å²) in [6.07, 6.45) is 3.39. The Morgan fingerprint density at radius 2 is 2.00 bits per heavy atom. The van der Waals surface area contributed by atoms with Gasteiger partial charge in [-0.05, 0) is 37.1 Å². The number of oxazole rings is 1. The summed E-state index contributed by atoms with van der Waals surface area (Å²) in [5, 5.41) is 0.619. The van der Waals surface area contributed by atoms with Crippen molar-refractivity contribution < 1.29 is 9.21 Å². The van der Waals surface area contributed by atoms with Crippen molar-refractivity contribution in [1.82, 2.24) is 4.98 Å².